The number of ether oxygens (including phenoxy) is 1. The van der Waals surface area contributed by atoms with Gasteiger partial charge in [-0.25, -0.2) is 0 Å². The third kappa shape index (κ3) is 2.63. The predicted octanol–water partition coefficient (Wildman–Crippen LogP) is 3.62. The number of hydrogen-bond donors (Lipinski definition) is 1. The van der Waals surface area contributed by atoms with E-state index in [0.29, 0.717) is 12.3 Å². The van der Waals surface area contributed by atoms with Crippen molar-refractivity contribution in [1.82, 2.24) is 0 Å². The van der Waals surface area contributed by atoms with Gasteiger partial charge in [0, 0.05) is 12.0 Å². The van der Waals surface area contributed by atoms with Gasteiger partial charge < -0.3 is 9.84 Å². The monoisotopic (exact) mass is 234 g/mol. The first-order valence-corrected chi connectivity index (χ1v) is 6.37. The van der Waals surface area contributed by atoms with Gasteiger partial charge in [0.15, 0.2) is 0 Å². The van der Waals surface area contributed by atoms with Crippen molar-refractivity contribution in [3.8, 4) is 5.75 Å². The normalized spacial score (nSPS) is 27.8. The van der Waals surface area contributed by atoms with E-state index in [1.165, 1.54) is 5.56 Å². The lowest BCUT2D eigenvalue weighted by atomic mass is 9.84. The molecule has 0 spiro atoms. The van der Waals surface area contributed by atoms with Crippen LogP contribution < -0.4 is 4.74 Å². The molecule has 0 bridgehead atoms. The summed E-state index contributed by atoms with van der Waals surface area (Å²) in [5.41, 5.74) is 1.86. The zero-order valence-electron chi connectivity index (χ0n) is 11.2. The van der Waals surface area contributed by atoms with E-state index in [9.17, 15) is 5.11 Å². The average molecular weight is 234 g/mol. The van der Waals surface area contributed by atoms with Gasteiger partial charge in [-0.3, -0.25) is 0 Å². The van der Waals surface area contributed by atoms with Gasteiger partial charge in [-0.1, -0.05) is 25.5 Å². The molecule has 1 aromatic carbocycles. The lowest BCUT2D eigenvalue weighted by molar-refractivity contribution is -0.0144. The minimum Gasteiger partial charge on any atom is -0.487 e. The highest BCUT2D eigenvalue weighted by atomic mass is 16.5. The molecule has 0 aromatic heterocycles. The molecule has 0 saturated heterocycles. The Balaban J connectivity index is 2.30. The van der Waals surface area contributed by atoms with Crippen LogP contribution in [0.4, 0.5) is 0 Å². The van der Waals surface area contributed by atoms with Crippen LogP contribution in [0.25, 0.3) is 0 Å². The molecule has 2 nitrogen and oxygen atoms in total. The fraction of sp³-hybridized carbons (Fsp3) is 0.600. The van der Waals surface area contributed by atoms with Crippen LogP contribution in [0.2, 0.25) is 0 Å². The first-order chi connectivity index (χ1) is 7.89. The van der Waals surface area contributed by atoms with Crippen LogP contribution in [0.1, 0.15) is 50.8 Å². The summed E-state index contributed by atoms with van der Waals surface area (Å²) in [6, 6.07) is 6.03. The number of benzene rings is 1. The van der Waals surface area contributed by atoms with Crippen LogP contribution >= 0.6 is 0 Å². The van der Waals surface area contributed by atoms with E-state index in [-0.39, 0.29) is 5.60 Å². The molecule has 94 valence electrons. The van der Waals surface area contributed by atoms with Gasteiger partial charge in [0.1, 0.15) is 11.4 Å². The number of aryl methyl sites for hydroxylation is 1. The molecule has 1 unspecified atom stereocenters. The van der Waals surface area contributed by atoms with Gasteiger partial charge >= 0.3 is 0 Å². The SMILES string of the molecule is Cc1ccc2c(c1)[C@H](O)CC(C)(CC(C)C)O2. The summed E-state index contributed by atoms with van der Waals surface area (Å²) in [5.74, 6) is 1.41. The van der Waals surface area contributed by atoms with Crippen molar-refractivity contribution in [3.05, 3.63) is 29.3 Å². The summed E-state index contributed by atoms with van der Waals surface area (Å²) in [4.78, 5) is 0. The summed E-state index contributed by atoms with van der Waals surface area (Å²) in [5, 5.41) is 10.3. The first-order valence-electron chi connectivity index (χ1n) is 6.37. The largest absolute Gasteiger partial charge is 0.487 e. The summed E-state index contributed by atoms with van der Waals surface area (Å²) in [7, 11) is 0. The van der Waals surface area contributed by atoms with Crippen molar-refractivity contribution in [2.24, 2.45) is 5.92 Å². The summed E-state index contributed by atoms with van der Waals surface area (Å²) >= 11 is 0. The van der Waals surface area contributed by atoms with Crippen LogP contribution in [0.5, 0.6) is 5.75 Å². The zero-order valence-corrected chi connectivity index (χ0v) is 11.2. The molecule has 1 aliphatic rings. The zero-order chi connectivity index (χ0) is 12.6. The molecule has 2 atom stereocenters. The predicted molar refractivity (Wildman–Crippen MR) is 69.2 cm³/mol. The van der Waals surface area contributed by atoms with E-state index in [1.54, 1.807) is 0 Å². The third-order valence-corrected chi connectivity index (χ3v) is 3.35. The van der Waals surface area contributed by atoms with E-state index < -0.39 is 6.10 Å². The molecule has 17 heavy (non-hydrogen) atoms. The molecule has 1 aliphatic heterocycles. The second-order valence-electron chi connectivity index (χ2n) is 5.91. The first kappa shape index (κ1) is 12.4. The molecular formula is C15H22O2. The highest BCUT2D eigenvalue weighted by molar-refractivity contribution is 5.40. The van der Waals surface area contributed by atoms with Gasteiger partial charge in [0.25, 0.3) is 0 Å². The Labute approximate surface area is 104 Å². The minimum absolute atomic E-state index is 0.240. The topological polar surface area (TPSA) is 29.5 Å². The number of aliphatic hydroxyl groups is 1. The number of fused-ring (bicyclic) bond motifs is 1. The molecule has 0 radical (unpaired) electrons. The summed E-state index contributed by atoms with van der Waals surface area (Å²) in [6.07, 6.45) is 1.25. The Kier molecular flexibility index (Phi) is 3.17. The highest BCUT2D eigenvalue weighted by Gasteiger charge is 2.36. The molecule has 0 amide bonds. The van der Waals surface area contributed by atoms with E-state index in [2.05, 4.69) is 20.8 Å². The average Bonchev–Trinajstić information content (AvgIpc) is 2.17. The van der Waals surface area contributed by atoms with Crippen LogP contribution in [0.15, 0.2) is 18.2 Å². The number of hydrogen-bond acceptors (Lipinski definition) is 2. The van der Waals surface area contributed by atoms with Crippen molar-refractivity contribution in [2.75, 3.05) is 0 Å². The second kappa shape index (κ2) is 4.34. The number of rotatable bonds is 2. The molecule has 0 fully saturated rings. The van der Waals surface area contributed by atoms with E-state index in [4.69, 9.17) is 4.74 Å². The van der Waals surface area contributed by atoms with Crippen molar-refractivity contribution in [3.63, 3.8) is 0 Å². The lowest BCUT2D eigenvalue weighted by Crippen LogP contribution is -2.39. The molecule has 0 saturated carbocycles. The Morgan fingerprint density at radius 2 is 2.18 bits per heavy atom. The van der Waals surface area contributed by atoms with Crippen LogP contribution in [0, 0.1) is 12.8 Å². The molecule has 1 aromatic rings. The lowest BCUT2D eigenvalue weighted by Gasteiger charge is -2.39. The molecular weight excluding hydrogens is 212 g/mol. The molecule has 1 heterocycles. The van der Waals surface area contributed by atoms with Gasteiger partial charge in [0.05, 0.1) is 6.10 Å². The minimum atomic E-state index is -0.401. The second-order valence-corrected chi connectivity index (χ2v) is 5.91. The Hall–Kier alpha value is -1.02. The molecule has 0 aliphatic carbocycles. The molecule has 1 N–H and O–H groups in total. The molecule has 2 heteroatoms. The smallest absolute Gasteiger partial charge is 0.125 e. The fourth-order valence-corrected chi connectivity index (χ4v) is 2.84. The van der Waals surface area contributed by atoms with Crippen molar-refractivity contribution in [1.29, 1.82) is 0 Å². The van der Waals surface area contributed by atoms with E-state index in [0.717, 1.165) is 17.7 Å². The van der Waals surface area contributed by atoms with Crippen molar-refractivity contribution < 1.29 is 9.84 Å². The third-order valence-electron chi connectivity index (χ3n) is 3.35. The van der Waals surface area contributed by atoms with Crippen molar-refractivity contribution >= 4 is 0 Å². The van der Waals surface area contributed by atoms with Gasteiger partial charge in [-0.2, -0.15) is 0 Å². The van der Waals surface area contributed by atoms with Gasteiger partial charge in [-0.05, 0) is 38.3 Å². The summed E-state index contributed by atoms with van der Waals surface area (Å²) < 4.78 is 6.10. The van der Waals surface area contributed by atoms with Crippen LogP contribution in [-0.4, -0.2) is 10.7 Å². The maximum atomic E-state index is 10.3. The van der Waals surface area contributed by atoms with Crippen molar-refractivity contribution in [2.45, 2.75) is 52.2 Å². The Bertz CT molecular complexity index is 411. The maximum absolute atomic E-state index is 10.3. The van der Waals surface area contributed by atoms with Crippen LogP contribution in [0.3, 0.4) is 0 Å². The van der Waals surface area contributed by atoms with E-state index in [1.807, 2.05) is 25.1 Å². The fourth-order valence-electron chi connectivity index (χ4n) is 2.84. The highest BCUT2D eigenvalue weighted by Crippen LogP contribution is 2.42. The summed E-state index contributed by atoms with van der Waals surface area (Å²) in [6.45, 7) is 8.51. The Morgan fingerprint density at radius 1 is 1.47 bits per heavy atom. The maximum Gasteiger partial charge on any atom is 0.125 e. The van der Waals surface area contributed by atoms with Gasteiger partial charge in [0.2, 0.25) is 0 Å². The standard InChI is InChI=1S/C15H22O2/c1-10(2)8-15(4)9-13(16)12-7-11(3)5-6-14(12)17-15/h5-7,10,13,16H,8-9H2,1-4H3/t13-,15?/m1/s1. The van der Waals surface area contributed by atoms with Gasteiger partial charge in [-0.15, -0.1) is 0 Å². The Morgan fingerprint density at radius 3 is 2.82 bits per heavy atom. The van der Waals surface area contributed by atoms with E-state index >= 15 is 0 Å². The number of aliphatic hydroxyl groups excluding tert-OH is 1. The van der Waals surface area contributed by atoms with Crippen LogP contribution in [-0.2, 0) is 0 Å². The quantitative estimate of drug-likeness (QED) is 0.847. The molecule has 2 rings (SSSR count).